The van der Waals surface area contributed by atoms with Gasteiger partial charge in [-0.1, -0.05) is 12.1 Å². The Kier molecular flexibility index (Phi) is 4.83. The Morgan fingerprint density at radius 2 is 2.21 bits per heavy atom. The number of hydrogen-bond acceptors (Lipinski definition) is 4. The summed E-state index contributed by atoms with van der Waals surface area (Å²) in [5, 5.41) is 5.56. The third-order valence-corrected chi connectivity index (χ3v) is 2.70. The molecule has 5 nitrogen and oxygen atoms in total. The Morgan fingerprint density at radius 3 is 3.05 bits per heavy atom. The summed E-state index contributed by atoms with van der Waals surface area (Å²) in [4.78, 5) is 14.5. The predicted molar refractivity (Wildman–Crippen MR) is 73.5 cm³/mol. The van der Waals surface area contributed by atoms with Gasteiger partial charge in [-0.15, -0.1) is 0 Å². The molecule has 2 rings (SSSR count). The lowest BCUT2D eigenvalue weighted by Crippen LogP contribution is -2.23. The van der Waals surface area contributed by atoms with Crippen molar-refractivity contribution in [3.05, 3.63) is 42.2 Å². The number of aromatic nitrogens is 1. The van der Waals surface area contributed by atoms with E-state index in [0.717, 1.165) is 11.9 Å². The second-order valence-electron chi connectivity index (χ2n) is 4.25. The van der Waals surface area contributed by atoms with E-state index < -0.39 is 5.91 Å². The SMILES string of the molecule is NC(=O)COCCNCc1ccc2cnccc2c1. The third-order valence-electron chi connectivity index (χ3n) is 2.70. The Bertz CT molecular complexity index is 557. The molecule has 0 fully saturated rings. The number of amides is 1. The van der Waals surface area contributed by atoms with E-state index in [2.05, 4.69) is 28.5 Å². The normalized spacial score (nSPS) is 10.7. The number of primary amides is 1. The highest BCUT2D eigenvalue weighted by atomic mass is 16.5. The maximum absolute atomic E-state index is 10.4. The van der Waals surface area contributed by atoms with Crippen molar-refractivity contribution in [3.8, 4) is 0 Å². The van der Waals surface area contributed by atoms with Crippen molar-refractivity contribution in [3.63, 3.8) is 0 Å². The van der Waals surface area contributed by atoms with Gasteiger partial charge >= 0.3 is 0 Å². The van der Waals surface area contributed by atoms with Crippen LogP contribution in [0.3, 0.4) is 0 Å². The zero-order valence-electron chi connectivity index (χ0n) is 10.6. The van der Waals surface area contributed by atoms with Crippen LogP contribution in [-0.2, 0) is 16.1 Å². The van der Waals surface area contributed by atoms with Crippen molar-refractivity contribution in [2.75, 3.05) is 19.8 Å². The smallest absolute Gasteiger partial charge is 0.243 e. The highest BCUT2D eigenvalue weighted by Gasteiger charge is 1.97. The van der Waals surface area contributed by atoms with Crippen LogP contribution in [0, 0.1) is 0 Å². The summed E-state index contributed by atoms with van der Waals surface area (Å²) in [6.45, 7) is 1.89. The van der Waals surface area contributed by atoms with Crippen molar-refractivity contribution in [1.29, 1.82) is 0 Å². The van der Waals surface area contributed by atoms with Gasteiger partial charge in [-0.25, -0.2) is 0 Å². The predicted octanol–water partition coefficient (Wildman–Crippen LogP) is 0.826. The molecular formula is C14H17N3O2. The topological polar surface area (TPSA) is 77.2 Å². The Labute approximate surface area is 111 Å². The highest BCUT2D eigenvalue weighted by Crippen LogP contribution is 2.14. The number of rotatable bonds is 7. The molecule has 0 saturated heterocycles. The molecule has 0 aliphatic carbocycles. The first-order chi connectivity index (χ1) is 9.25. The Balaban J connectivity index is 1.77. The molecule has 0 atom stereocenters. The Hall–Kier alpha value is -1.98. The van der Waals surface area contributed by atoms with E-state index in [1.807, 2.05) is 12.3 Å². The molecule has 0 saturated carbocycles. The monoisotopic (exact) mass is 259 g/mol. The maximum atomic E-state index is 10.4. The number of nitrogens with one attached hydrogen (secondary N) is 1. The second kappa shape index (κ2) is 6.82. The number of benzene rings is 1. The van der Waals surface area contributed by atoms with Gasteiger partial charge in [0.15, 0.2) is 0 Å². The van der Waals surface area contributed by atoms with E-state index in [4.69, 9.17) is 10.5 Å². The standard InChI is InChI=1S/C14H17N3O2/c15-14(18)10-19-6-5-17-8-11-1-2-13-9-16-4-3-12(13)7-11/h1-4,7,9,17H,5-6,8,10H2,(H2,15,18). The molecule has 1 aromatic heterocycles. The lowest BCUT2D eigenvalue weighted by Gasteiger charge is -2.06. The summed E-state index contributed by atoms with van der Waals surface area (Å²) in [5.74, 6) is -0.442. The number of fused-ring (bicyclic) bond motifs is 1. The first-order valence-electron chi connectivity index (χ1n) is 6.15. The number of nitrogens with zero attached hydrogens (tertiary/aromatic N) is 1. The first kappa shape index (κ1) is 13.5. The number of carbonyl (C=O) groups excluding carboxylic acids is 1. The molecule has 0 radical (unpaired) electrons. The van der Waals surface area contributed by atoms with E-state index >= 15 is 0 Å². The van der Waals surface area contributed by atoms with Crippen molar-refractivity contribution in [1.82, 2.24) is 10.3 Å². The van der Waals surface area contributed by atoms with Crippen LogP contribution in [0.5, 0.6) is 0 Å². The largest absolute Gasteiger partial charge is 0.370 e. The average molecular weight is 259 g/mol. The maximum Gasteiger partial charge on any atom is 0.243 e. The van der Waals surface area contributed by atoms with Gasteiger partial charge in [0.25, 0.3) is 0 Å². The van der Waals surface area contributed by atoms with Crippen LogP contribution in [0.2, 0.25) is 0 Å². The molecular weight excluding hydrogens is 242 g/mol. The fraction of sp³-hybridized carbons (Fsp3) is 0.286. The van der Waals surface area contributed by atoms with Gasteiger partial charge in [0.2, 0.25) is 5.91 Å². The molecule has 0 unspecified atom stereocenters. The molecule has 100 valence electrons. The van der Waals surface area contributed by atoms with Gasteiger partial charge in [0.1, 0.15) is 6.61 Å². The molecule has 1 amide bonds. The molecule has 0 aliphatic heterocycles. The Morgan fingerprint density at radius 1 is 1.32 bits per heavy atom. The number of pyridine rings is 1. The van der Waals surface area contributed by atoms with E-state index in [0.29, 0.717) is 13.2 Å². The minimum atomic E-state index is -0.442. The minimum Gasteiger partial charge on any atom is -0.370 e. The number of ether oxygens (including phenoxy) is 1. The van der Waals surface area contributed by atoms with Gasteiger partial charge < -0.3 is 15.8 Å². The molecule has 1 heterocycles. The van der Waals surface area contributed by atoms with Crippen LogP contribution >= 0.6 is 0 Å². The molecule has 1 aromatic carbocycles. The quantitative estimate of drug-likeness (QED) is 0.722. The van der Waals surface area contributed by atoms with Gasteiger partial charge in [-0.3, -0.25) is 9.78 Å². The fourth-order valence-electron chi connectivity index (χ4n) is 1.79. The van der Waals surface area contributed by atoms with Gasteiger partial charge in [0, 0.05) is 30.9 Å². The van der Waals surface area contributed by atoms with Crippen LogP contribution in [0.1, 0.15) is 5.56 Å². The lowest BCUT2D eigenvalue weighted by molar-refractivity contribution is -0.122. The van der Waals surface area contributed by atoms with E-state index in [9.17, 15) is 4.79 Å². The molecule has 0 bridgehead atoms. The van der Waals surface area contributed by atoms with Crippen molar-refractivity contribution < 1.29 is 9.53 Å². The van der Waals surface area contributed by atoms with Crippen LogP contribution < -0.4 is 11.1 Å². The number of hydrogen-bond donors (Lipinski definition) is 2. The second-order valence-corrected chi connectivity index (χ2v) is 4.25. The summed E-state index contributed by atoms with van der Waals surface area (Å²) in [6, 6.07) is 8.26. The molecule has 0 aliphatic rings. The summed E-state index contributed by atoms with van der Waals surface area (Å²) in [6.07, 6.45) is 3.64. The summed E-state index contributed by atoms with van der Waals surface area (Å²) < 4.78 is 5.06. The molecule has 19 heavy (non-hydrogen) atoms. The van der Waals surface area contributed by atoms with E-state index in [1.54, 1.807) is 6.20 Å². The van der Waals surface area contributed by atoms with Crippen LogP contribution in [0.15, 0.2) is 36.7 Å². The zero-order valence-corrected chi connectivity index (χ0v) is 10.6. The van der Waals surface area contributed by atoms with Gasteiger partial charge in [-0.2, -0.15) is 0 Å². The fourth-order valence-corrected chi connectivity index (χ4v) is 1.79. The zero-order chi connectivity index (χ0) is 13.5. The summed E-state index contributed by atoms with van der Waals surface area (Å²) in [5.41, 5.74) is 6.16. The van der Waals surface area contributed by atoms with Crippen LogP contribution in [0.4, 0.5) is 0 Å². The summed E-state index contributed by atoms with van der Waals surface area (Å²) >= 11 is 0. The molecule has 3 N–H and O–H groups in total. The van der Waals surface area contributed by atoms with Gasteiger partial charge in [0.05, 0.1) is 6.61 Å². The molecule has 5 heteroatoms. The highest BCUT2D eigenvalue weighted by molar-refractivity contribution is 5.81. The summed E-state index contributed by atoms with van der Waals surface area (Å²) in [7, 11) is 0. The van der Waals surface area contributed by atoms with Crippen molar-refractivity contribution >= 4 is 16.7 Å². The minimum absolute atomic E-state index is 0.0232. The number of carbonyl (C=O) groups is 1. The van der Waals surface area contributed by atoms with Crippen LogP contribution in [-0.4, -0.2) is 30.6 Å². The van der Waals surface area contributed by atoms with Crippen molar-refractivity contribution in [2.24, 2.45) is 5.73 Å². The van der Waals surface area contributed by atoms with E-state index in [1.165, 1.54) is 10.9 Å². The third kappa shape index (κ3) is 4.31. The molecule has 2 aromatic rings. The average Bonchev–Trinajstić information content (AvgIpc) is 2.42. The number of nitrogens with two attached hydrogens (primary N) is 1. The first-order valence-corrected chi connectivity index (χ1v) is 6.15. The van der Waals surface area contributed by atoms with Crippen molar-refractivity contribution in [2.45, 2.75) is 6.54 Å². The molecule has 0 spiro atoms. The van der Waals surface area contributed by atoms with E-state index in [-0.39, 0.29) is 6.61 Å². The van der Waals surface area contributed by atoms with Crippen LogP contribution in [0.25, 0.3) is 10.8 Å². The lowest BCUT2D eigenvalue weighted by atomic mass is 10.1. The van der Waals surface area contributed by atoms with Gasteiger partial charge in [-0.05, 0) is 23.1 Å².